The van der Waals surface area contributed by atoms with Gasteiger partial charge >= 0.3 is 5.97 Å². The van der Waals surface area contributed by atoms with Gasteiger partial charge in [0.05, 0.1) is 29.2 Å². The second kappa shape index (κ2) is 8.99. The molecule has 3 aromatic rings. The molecule has 0 fully saturated rings. The Morgan fingerprint density at radius 1 is 1.09 bits per heavy atom. The lowest BCUT2D eigenvalue weighted by Crippen LogP contribution is -2.28. The molecule has 0 saturated heterocycles. The molecular weight excluding hydrogens is 426 g/mol. The highest BCUT2D eigenvalue weighted by molar-refractivity contribution is 7.13. The van der Waals surface area contributed by atoms with Gasteiger partial charge in [0, 0.05) is 25.7 Å². The zero-order valence-corrected chi connectivity index (χ0v) is 18.3. The van der Waals surface area contributed by atoms with E-state index in [1.807, 2.05) is 48.5 Å². The molecule has 0 radical (unpaired) electrons. The van der Waals surface area contributed by atoms with Crippen LogP contribution in [0.2, 0.25) is 0 Å². The van der Waals surface area contributed by atoms with Crippen LogP contribution in [0, 0.1) is 11.3 Å². The summed E-state index contributed by atoms with van der Waals surface area (Å²) in [5.41, 5.74) is 2.97. The summed E-state index contributed by atoms with van der Waals surface area (Å²) in [6, 6.07) is 15.1. The van der Waals surface area contributed by atoms with Gasteiger partial charge in [0.15, 0.2) is 6.61 Å². The number of anilines is 2. The number of Topliss-reactive ketones (excluding diaryl/α,β-unsaturated/α-hetero) is 1. The number of esters is 1. The fourth-order valence-electron chi connectivity index (χ4n) is 3.47. The van der Waals surface area contributed by atoms with Crippen LogP contribution in [0.25, 0.3) is 10.7 Å². The lowest BCUT2D eigenvalue weighted by molar-refractivity contribution is -0.146. The summed E-state index contributed by atoms with van der Waals surface area (Å²) in [4.78, 5) is 37.2. The van der Waals surface area contributed by atoms with Crippen LogP contribution in [-0.4, -0.2) is 42.4 Å². The van der Waals surface area contributed by atoms with E-state index < -0.39 is 18.4 Å². The van der Waals surface area contributed by atoms with Crippen LogP contribution in [0.3, 0.4) is 0 Å². The first-order valence-electron chi connectivity index (χ1n) is 9.75. The minimum absolute atomic E-state index is 0.0647. The Morgan fingerprint density at radius 3 is 2.41 bits per heavy atom. The van der Waals surface area contributed by atoms with Gasteiger partial charge in [-0.15, -0.1) is 11.3 Å². The molecule has 0 atom stereocenters. The number of aromatic nitrogens is 2. The Bertz CT molecular complexity index is 1210. The van der Waals surface area contributed by atoms with Crippen LogP contribution in [-0.2, 0) is 20.7 Å². The second-order valence-electron chi connectivity index (χ2n) is 7.04. The van der Waals surface area contributed by atoms with E-state index in [1.165, 1.54) is 11.3 Å². The van der Waals surface area contributed by atoms with E-state index in [-0.39, 0.29) is 12.0 Å². The molecule has 4 rings (SSSR count). The number of ether oxygens (including phenoxy) is 1. The smallest absolute Gasteiger partial charge is 0.312 e. The average Bonchev–Trinajstić information content (AvgIpc) is 3.38. The molecule has 32 heavy (non-hydrogen) atoms. The first kappa shape index (κ1) is 21.2. The average molecular weight is 446 g/mol. The van der Waals surface area contributed by atoms with E-state index in [2.05, 4.69) is 9.97 Å². The summed E-state index contributed by atoms with van der Waals surface area (Å²) in [5, 5.41) is 12.1. The van der Waals surface area contributed by atoms with Gasteiger partial charge < -0.3 is 14.5 Å². The molecule has 0 N–H and O–H groups in total. The van der Waals surface area contributed by atoms with E-state index in [1.54, 1.807) is 35.5 Å². The van der Waals surface area contributed by atoms with Gasteiger partial charge in [-0.3, -0.25) is 14.6 Å². The minimum Gasteiger partial charge on any atom is -0.457 e. The first-order chi connectivity index (χ1) is 15.5. The minimum atomic E-state index is -0.588. The van der Waals surface area contributed by atoms with Crippen molar-refractivity contribution in [1.29, 1.82) is 5.26 Å². The predicted octanol–water partition coefficient (Wildman–Crippen LogP) is 3.18. The maximum absolute atomic E-state index is 12.7. The van der Waals surface area contributed by atoms with Crippen molar-refractivity contribution in [2.45, 2.75) is 6.42 Å². The Morgan fingerprint density at radius 2 is 1.78 bits per heavy atom. The lowest BCUT2D eigenvalue weighted by Gasteiger charge is -2.19. The summed E-state index contributed by atoms with van der Waals surface area (Å²) in [6.07, 6.45) is 1.61. The van der Waals surface area contributed by atoms with Gasteiger partial charge in [-0.25, -0.2) is 4.98 Å². The molecule has 160 valence electrons. The maximum atomic E-state index is 12.7. The molecule has 8 nitrogen and oxygen atoms in total. The molecule has 1 aliphatic rings. The molecule has 9 heteroatoms. The van der Waals surface area contributed by atoms with Crippen molar-refractivity contribution >= 4 is 34.5 Å². The SMILES string of the molecule is CN1C(=C(C#N)C(=O)COC(=O)Cc2csc(-c3ccccn3)n2)N(C)c2ccccc21. The Labute approximate surface area is 189 Å². The normalized spacial score (nSPS) is 12.3. The number of rotatable bonds is 6. The van der Waals surface area contributed by atoms with Crippen LogP contribution in [0.1, 0.15) is 5.69 Å². The number of pyridine rings is 1. The first-order valence-corrected chi connectivity index (χ1v) is 10.6. The fraction of sp³-hybridized carbons (Fsp3) is 0.174. The van der Waals surface area contributed by atoms with Crippen LogP contribution >= 0.6 is 11.3 Å². The van der Waals surface area contributed by atoms with Crippen molar-refractivity contribution in [2.24, 2.45) is 0 Å². The van der Waals surface area contributed by atoms with E-state index in [0.717, 1.165) is 17.1 Å². The third-order valence-corrected chi connectivity index (χ3v) is 5.89. The zero-order chi connectivity index (χ0) is 22.7. The van der Waals surface area contributed by atoms with E-state index >= 15 is 0 Å². The molecule has 2 aromatic heterocycles. The number of carbonyl (C=O) groups excluding carboxylic acids is 2. The number of hydrogen-bond acceptors (Lipinski definition) is 9. The number of ketones is 1. The largest absolute Gasteiger partial charge is 0.457 e. The number of nitrogens with zero attached hydrogens (tertiary/aromatic N) is 5. The van der Waals surface area contributed by atoms with Crippen molar-refractivity contribution < 1.29 is 14.3 Å². The quantitative estimate of drug-likeness (QED) is 0.324. The number of para-hydroxylation sites is 2. The van der Waals surface area contributed by atoms with E-state index in [9.17, 15) is 14.9 Å². The van der Waals surface area contributed by atoms with Gasteiger partial charge in [-0.2, -0.15) is 5.26 Å². The predicted molar refractivity (Wildman–Crippen MR) is 121 cm³/mol. The summed E-state index contributed by atoms with van der Waals surface area (Å²) < 4.78 is 5.15. The standard InChI is InChI=1S/C23H19N5O3S/c1-27-18-8-3-4-9-19(18)28(2)23(27)16(12-24)20(29)13-31-21(30)11-15-14-32-22(26-15)17-7-5-6-10-25-17/h3-10,14H,11,13H2,1-2H3. The summed E-state index contributed by atoms with van der Waals surface area (Å²) >= 11 is 1.38. The van der Waals surface area contributed by atoms with Gasteiger partial charge in [0.1, 0.15) is 22.5 Å². The van der Waals surface area contributed by atoms with Crippen LogP contribution in [0.5, 0.6) is 0 Å². The maximum Gasteiger partial charge on any atom is 0.312 e. The summed E-state index contributed by atoms with van der Waals surface area (Å²) in [7, 11) is 3.57. The third-order valence-electron chi connectivity index (χ3n) is 4.98. The summed E-state index contributed by atoms with van der Waals surface area (Å²) in [5.74, 6) is -0.695. The molecule has 1 aromatic carbocycles. The van der Waals surface area contributed by atoms with Crippen molar-refractivity contribution in [3.63, 3.8) is 0 Å². The molecule has 0 unspecified atom stereocenters. The van der Waals surface area contributed by atoms with E-state index in [0.29, 0.717) is 16.5 Å². The topological polar surface area (TPSA) is 99.4 Å². The molecule has 0 aliphatic carbocycles. The number of nitriles is 1. The second-order valence-corrected chi connectivity index (χ2v) is 7.89. The van der Waals surface area contributed by atoms with Crippen LogP contribution in [0.4, 0.5) is 11.4 Å². The van der Waals surface area contributed by atoms with Gasteiger partial charge in [-0.05, 0) is 24.3 Å². The molecule has 0 saturated carbocycles. The monoisotopic (exact) mass is 445 g/mol. The highest BCUT2D eigenvalue weighted by Crippen LogP contribution is 2.40. The molecule has 0 bridgehead atoms. The molecule has 0 spiro atoms. The zero-order valence-electron chi connectivity index (χ0n) is 17.5. The molecular formula is C23H19N5O3S. The number of hydrogen-bond donors (Lipinski definition) is 0. The number of benzene rings is 1. The Kier molecular flexibility index (Phi) is 5.96. The molecule has 3 heterocycles. The Balaban J connectivity index is 1.41. The van der Waals surface area contributed by atoms with Crippen molar-refractivity contribution in [3.8, 4) is 16.8 Å². The number of carbonyl (C=O) groups is 2. The number of fused-ring (bicyclic) bond motifs is 1. The van der Waals surface area contributed by atoms with Gasteiger partial charge in [0.2, 0.25) is 5.78 Å². The van der Waals surface area contributed by atoms with Crippen molar-refractivity contribution in [3.05, 3.63) is 71.1 Å². The molecule has 1 aliphatic heterocycles. The van der Waals surface area contributed by atoms with Crippen molar-refractivity contribution in [2.75, 3.05) is 30.5 Å². The third kappa shape index (κ3) is 4.08. The number of thiazole rings is 1. The lowest BCUT2D eigenvalue weighted by atomic mass is 10.2. The van der Waals surface area contributed by atoms with Gasteiger partial charge in [-0.1, -0.05) is 18.2 Å². The van der Waals surface area contributed by atoms with Crippen LogP contribution < -0.4 is 9.80 Å². The molecule has 0 amide bonds. The highest BCUT2D eigenvalue weighted by Gasteiger charge is 2.31. The summed E-state index contributed by atoms with van der Waals surface area (Å²) in [6.45, 7) is -0.513. The fourth-order valence-corrected chi connectivity index (χ4v) is 4.26. The van der Waals surface area contributed by atoms with E-state index in [4.69, 9.17) is 4.74 Å². The van der Waals surface area contributed by atoms with Gasteiger partial charge in [0.25, 0.3) is 0 Å². The highest BCUT2D eigenvalue weighted by atomic mass is 32.1. The van der Waals surface area contributed by atoms with Crippen LogP contribution in [0.15, 0.2) is 65.4 Å². The Hall–Kier alpha value is -4.03. The van der Waals surface area contributed by atoms with Crippen molar-refractivity contribution in [1.82, 2.24) is 9.97 Å².